The highest BCUT2D eigenvalue weighted by Gasteiger charge is 2.09. The van der Waals surface area contributed by atoms with E-state index in [-0.39, 0.29) is 30.5 Å². The second-order valence-corrected chi connectivity index (χ2v) is 6.66. The summed E-state index contributed by atoms with van der Waals surface area (Å²) >= 11 is 0. The third-order valence-corrected chi connectivity index (χ3v) is 3.85. The maximum absolute atomic E-state index is 12.1. The molecule has 3 rings (SSSR count). The van der Waals surface area contributed by atoms with Gasteiger partial charge in [0.15, 0.2) is 0 Å². The highest BCUT2D eigenvalue weighted by Crippen LogP contribution is 2.18. The van der Waals surface area contributed by atoms with Gasteiger partial charge >= 0.3 is 0 Å². The van der Waals surface area contributed by atoms with E-state index in [1.165, 1.54) is 18.6 Å². The van der Waals surface area contributed by atoms with E-state index in [4.69, 9.17) is 0 Å². The molecule has 0 saturated heterocycles. The molecule has 3 N–H and O–H groups in total. The zero-order chi connectivity index (χ0) is 19.2. The van der Waals surface area contributed by atoms with E-state index in [0.29, 0.717) is 11.6 Å². The fraction of sp³-hybridized carbons (Fsp3) is 0.316. The topological polar surface area (TPSA) is 113 Å². The number of aromatic nitrogens is 4. The van der Waals surface area contributed by atoms with Crippen LogP contribution in [0.5, 0.6) is 0 Å². The quantitative estimate of drug-likeness (QED) is 0.594. The lowest BCUT2D eigenvalue weighted by Crippen LogP contribution is -2.28. The number of hydrogen-bond donors (Lipinski definition) is 3. The number of imidazole rings is 1. The van der Waals surface area contributed by atoms with Crippen LogP contribution in [-0.4, -0.2) is 38.3 Å². The molecule has 0 bridgehead atoms. The lowest BCUT2D eigenvalue weighted by atomic mass is 10.1. The lowest BCUT2D eigenvalue weighted by Gasteiger charge is -2.06. The minimum Gasteiger partial charge on any atom is -0.350 e. The van der Waals surface area contributed by atoms with E-state index in [9.17, 15) is 9.59 Å². The van der Waals surface area contributed by atoms with Crippen molar-refractivity contribution in [2.75, 3.05) is 11.9 Å². The molecule has 0 saturated carbocycles. The first-order valence-electron chi connectivity index (χ1n) is 8.84. The summed E-state index contributed by atoms with van der Waals surface area (Å²) in [5.41, 5.74) is 2.67. The predicted molar refractivity (Wildman–Crippen MR) is 102 cm³/mol. The highest BCUT2D eigenvalue weighted by molar-refractivity contribution is 5.94. The molecule has 27 heavy (non-hydrogen) atoms. The number of fused-ring (bicyclic) bond motifs is 1. The van der Waals surface area contributed by atoms with Gasteiger partial charge in [-0.1, -0.05) is 13.8 Å². The average molecular weight is 366 g/mol. The van der Waals surface area contributed by atoms with Gasteiger partial charge in [0, 0.05) is 37.5 Å². The molecule has 0 aliphatic heterocycles. The van der Waals surface area contributed by atoms with Crippen LogP contribution in [0.25, 0.3) is 11.0 Å². The molecule has 0 atom stereocenters. The first kappa shape index (κ1) is 18.5. The first-order chi connectivity index (χ1) is 13.0. The second kappa shape index (κ2) is 8.39. The van der Waals surface area contributed by atoms with Crippen molar-refractivity contribution in [2.24, 2.45) is 5.92 Å². The van der Waals surface area contributed by atoms with Gasteiger partial charge in [-0.25, -0.2) is 9.97 Å². The van der Waals surface area contributed by atoms with Crippen LogP contribution in [0.1, 0.15) is 36.6 Å². The Kier molecular flexibility index (Phi) is 5.75. The average Bonchev–Trinajstić information content (AvgIpc) is 3.03. The number of amides is 2. The number of carbonyl (C=O) groups is 2. The van der Waals surface area contributed by atoms with E-state index >= 15 is 0 Å². The molecular weight excluding hydrogens is 344 g/mol. The summed E-state index contributed by atoms with van der Waals surface area (Å²) < 4.78 is 0. The fourth-order valence-corrected chi connectivity index (χ4v) is 2.64. The number of carbonyl (C=O) groups excluding carboxylic acids is 2. The van der Waals surface area contributed by atoms with Gasteiger partial charge in [0.2, 0.25) is 5.91 Å². The van der Waals surface area contributed by atoms with Crippen LogP contribution in [0, 0.1) is 5.92 Å². The van der Waals surface area contributed by atoms with E-state index < -0.39 is 0 Å². The van der Waals surface area contributed by atoms with Gasteiger partial charge in [-0.05, 0) is 24.1 Å². The van der Waals surface area contributed by atoms with Crippen molar-refractivity contribution in [1.29, 1.82) is 0 Å². The summed E-state index contributed by atoms with van der Waals surface area (Å²) in [4.78, 5) is 39.5. The Morgan fingerprint density at radius 3 is 2.81 bits per heavy atom. The molecule has 0 aliphatic carbocycles. The third kappa shape index (κ3) is 5.10. The van der Waals surface area contributed by atoms with Crippen LogP contribution < -0.4 is 10.6 Å². The van der Waals surface area contributed by atoms with Gasteiger partial charge in [-0.15, -0.1) is 0 Å². The van der Waals surface area contributed by atoms with Crippen LogP contribution in [0.4, 0.5) is 5.69 Å². The molecule has 8 heteroatoms. The molecule has 2 amide bonds. The third-order valence-electron chi connectivity index (χ3n) is 3.85. The Balaban J connectivity index is 1.52. The standard InChI is InChI=1S/C19H22N6O2/c1-12(2)9-17-24-14-4-3-13(10-15(14)25-17)23-18(26)5-6-22-19(27)16-11-20-7-8-21-16/h3-4,7-8,10-12H,5-6,9H2,1-2H3,(H,22,27)(H,23,26)(H,24,25). The molecule has 0 spiro atoms. The Hall–Kier alpha value is -3.29. The molecule has 140 valence electrons. The summed E-state index contributed by atoms with van der Waals surface area (Å²) in [6.45, 7) is 4.50. The maximum Gasteiger partial charge on any atom is 0.271 e. The molecule has 1 aromatic carbocycles. The number of aromatic amines is 1. The molecule has 8 nitrogen and oxygen atoms in total. The summed E-state index contributed by atoms with van der Waals surface area (Å²) in [7, 11) is 0. The lowest BCUT2D eigenvalue weighted by molar-refractivity contribution is -0.116. The zero-order valence-electron chi connectivity index (χ0n) is 15.3. The largest absolute Gasteiger partial charge is 0.350 e. The zero-order valence-corrected chi connectivity index (χ0v) is 15.3. The van der Waals surface area contributed by atoms with Crippen molar-refractivity contribution < 1.29 is 9.59 Å². The van der Waals surface area contributed by atoms with Crippen molar-refractivity contribution in [3.8, 4) is 0 Å². The number of benzene rings is 1. The second-order valence-electron chi connectivity index (χ2n) is 6.66. The SMILES string of the molecule is CC(C)Cc1nc2ccc(NC(=O)CCNC(=O)c3cnccn3)cc2[nH]1. The van der Waals surface area contributed by atoms with E-state index in [0.717, 1.165) is 23.3 Å². The van der Waals surface area contributed by atoms with Gasteiger partial charge in [-0.3, -0.25) is 14.6 Å². The molecule has 3 aromatic rings. The summed E-state index contributed by atoms with van der Waals surface area (Å²) in [6, 6.07) is 5.56. The Labute approximate surface area is 156 Å². The fourth-order valence-electron chi connectivity index (χ4n) is 2.64. The minimum absolute atomic E-state index is 0.158. The minimum atomic E-state index is -0.354. The van der Waals surface area contributed by atoms with Gasteiger partial charge < -0.3 is 15.6 Å². The van der Waals surface area contributed by atoms with E-state index in [1.54, 1.807) is 0 Å². The summed E-state index contributed by atoms with van der Waals surface area (Å²) in [6.07, 6.45) is 5.35. The van der Waals surface area contributed by atoms with Crippen LogP contribution in [0.3, 0.4) is 0 Å². The van der Waals surface area contributed by atoms with Gasteiger partial charge in [-0.2, -0.15) is 0 Å². The molecule has 0 aliphatic rings. The molecule has 2 aromatic heterocycles. The van der Waals surface area contributed by atoms with Gasteiger partial charge in [0.05, 0.1) is 17.2 Å². The Morgan fingerprint density at radius 1 is 1.22 bits per heavy atom. The number of nitrogens with one attached hydrogen (secondary N) is 3. The first-order valence-corrected chi connectivity index (χ1v) is 8.84. The van der Waals surface area contributed by atoms with Crippen molar-refractivity contribution in [2.45, 2.75) is 26.7 Å². The van der Waals surface area contributed by atoms with Crippen LogP contribution in [0.2, 0.25) is 0 Å². The molecule has 2 heterocycles. The number of nitrogens with zero attached hydrogens (tertiary/aromatic N) is 3. The van der Waals surface area contributed by atoms with Crippen molar-refractivity contribution in [1.82, 2.24) is 25.3 Å². The molecule has 0 unspecified atom stereocenters. The Bertz CT molecular complexity index is 936. The van der Waals surface area contributed by atoms with Gasteiger partial charge in [0.25, 0.3) is 5.91 Å². The van der Waals surface area contributed by atoms with Crippen molar-refractivity contribution in [3.05, 3.63) is 48.3 Å². The number of rotatable bonds is 7. The monoisotopic (exact) mass is 366 g/mol. The summed E-state index contributed by atoms with van der Waals surface area (Å²) in [5, 5.41) is 5.48. The maximum atomic E-state index is 12.1. The van der Waals surface area contributed by atoms with Gasteiger partial charge in [0.1, 0.15) is 11.5 Å². The van der Waals surface area contributed by atoms with Crippen molar-refractivity contribution >= 4 is 28.5 Å². The number of anilines is 1. The summed E-state index contributed by atoms with van der Waals surface area (Å²) in [5.74, 6) is 0.917. The van der Waals surface area contributed by atoms with Crippen molar-refractivity contribution in [3.63, 3.8) is 0 Å². The highest BCUT2D eigenvalue weighted by atomic mass is 16.2. The van der Waals surface area contributed by atoms with Crippen LogP contribution >= 0.6 is 0 Å². The molecule has 0 fully saturated rings. The Morgan fingerprint density at radius 2 is 2.07 bits per heavy atom. The van der Waals surface area contributed by atoms with Crippen LogP contribution in [-0.2, 0) is 11.2 Å². The molecule has 0 radical (unpaired) electrons. The number of hydrogen-bond acceptors (Lipinski definition) is 5. The van der Waals surface area contributed by atoms with Crippen LogP contribution in [0.15, 0.2) is 36.8 Å². The normalized spacial score (nSPS) is 10.9. The molecular formula is C19H22N6O2. The smallest absolute Gasteiger partial charge is 0.271 e. The number of H-pyrrole nitrogens is 1. The van der Waals surface area contributed by atoms with E-state index in [1.807, 2.05) is 18.2 Å². The van der Waals surface area contributed by atoms with E-state index in [2.05, 4.69) is 44.4 Å². The predicted octanol–water partition coefficient (Wildman–Crippen LogP) is 2.31.